The molecule has 0 aliphatic heterocycles. The van der Waals surface area contributed by atoms with E-state index in [4.69, 9.17) is 0 Å². The number of nitrogens with zero attached hydrogens (tertiary/aromatic N) is 1. The molecule has 1 aromatic rings. The highest BCUT2D eigenvalue weighted by atomic mass is 32.2. The van der Waals surface area contributed by atoms with E-state index in [0.717, 1.165) is 13.0 Å². The number of rotatable bonds is 6. The highest BCUT2D eigenvalue weighted by molar-refractivity contribution is 7.91. The summed E-state index contributed by atoms with van der Waals surface area (Å²) in [5.41, 5.74) is 0. The topological polar surface area (TPSA) is 48.2 Å². The van der Waals surface area contributed by atoms with Crippen LogP contribution in [0.3, 0.4) is 0 Å². The van der Waals surface area contributed by atoms with Crippen LogP contribution in [0.2, 0.25) is 0 Å². The second-order valence-corrected chi connectivity index (χ2v) is 5.88. The molecule has 0 fully saturated rings. The lowest BCUT2D eigenvalue weighted by Gasteiger charge is -2.11. The van der Waals surface area contributed by atoms with Gasteiger partial charge in [-0.2, -0.15) is 0 Å². The van der Waals surface area contributed by atoms with Crippen molar-refractivity contribution in [3.05, 3.63) is 30.3 Å². The van der Waals surface area contributed by atoms with Crippen molar-refractivity contribution in [3.63, 3.8) is 0 Å². The maximum Gasteiger partial charge on any atom is 0.179 e. The van der Waals surface area contributed by atoms with Crippen molar-refractivity contribution in [2.24, 2.45) is 0 Å². The molecule has 4 heteroatoms. The Morgan fingerprint density at radius 2 is 1.88 bits per heavy atom. The molecule has 3 nitrogen and oxygen atoms in total. The molecule has 16 heavy (non-hydrogen) atoms. The molecule has 0 aliphatic carbocycles. The van der Waals surface area contributed by atoms with Gasteiger partial charge in [0.2, 0.25) is 0 Å². The van der Waals surface area contributed by atoms with E-state index < -0.39 is 9.84 Å². The van der Waals surface area contributed by atoms with Gasteiger partial charge in [-0.05, 0) is 25.5 Å². The van der Waals surface area contributed by atoms with Crippen LogP contribution in [0.1, 0.15) is 20.3 Å². The zero-order valence-corrected chi connectivity index (χ0v) is 10.6. The molecule has 0 bridgehead atoms. The predicted octanol–water partition coefficient (Wildman–Crippen LogP) is 1.86. The quantitative estimate of drug-likeness (QED) is 0.762. The molecule has 1 aromatic carbocycles. The average molecular weight is 240 g/mol. The molecule has 0 aromatic heterocycles. The summed E-state index contributed by atoms with van der Waals surface area (Å²) in [5.74, 6) is 0.0943. The van der Waals surface area contributed by atoms with E-state index >= 15 is 0 Å². The van der Waals surface area contributed by atoms with E-state index in [9.17, 15) is 8.42 Å². The smallest absolute Gasteiger partial charge is 0.179 e. The number of hydrogen-bond acceptors (Lipinski definition) is 2. The van der Waals surface area contributed by atoms with Crippen LogP contribution in [0.4, 0.5) is 0 Å². The molecule has 0 aliphatic rings. The van der Waals surface area contributed by atoms with E-state index in [1.165, 1.54) is 0 Å². The molecule has 1 atom stereocenters. The first kappa shape index (κ1) is 13.2. The van der Waals surface area contributed by atoms with Crippen LogP contribution < -0.4 is 5.32 Å². The van der Waals surface area contributed by atoms with E-state index in [-0.39, 0.29) is 11.8 Å². The Bertz CT molecular complexity index is 400. The molecular formula is C12H18NO2S. The lowest BCUT2D eigenvalue weighted by Crippen LogP contribution is -2.28. The van der Waals surface area contributed by atoms with Crippen molar-refractivity contribution >= 4 is 9.84 Å². The first-order chi connectivity index (χ1) is 7.56. The average Bonchev–Trinajstić information content (AvgIpc) is 2.27. The van der Waals surface area contributed by atoms with Crippen LogP contribution in [-0.4, -0.2) is 26.8 Å². The fourth-order valence-corrected chi connectivity index (χ4v) is 2.95. The van der Waals surface area contributed by atoms with E-state index in [2.05, 4.69) is 5.32 Å². The summed E-state index contributed by atoms with van der Waals surface area (Å²) in [6.07, 6.45) is 0.954. The molecule has 89 valence electrons. The molecule has 0 N–H and O–H groups in total. The lowest BCUT2D eigenvalue weighted by molar-refractivity contribution is 0.547. The van der Waals surface area contributed by atoms with Gasteiger partial charge in [-0.3, -0.25) is 0 Å². The fraction of sp³-hybridized carbons (Fsp3) is 0.500. The highest BCUT2D eigenvalue weighted by Crippen LogP contribution is 2.11. The Morgan fingerprint density at radius 3 is 2.44 bits per heavy atom. The molecular weight excluding hydrogens is 222 g/mol. The van der Waals surface area contributed by atoms with E-state index in [1.54, 1.807) is 24.3 Å². The maximum absolute atomic E-state index is 11.9. The van der Waals surface area contributed by atoms with Gasteiger partial charge < -0.3 is 0 Å². The van der Waals surface area contributed by atoms with Crippen LogP contribution in [0.25, 0.3) is 0 Å². The minimum Gasteiger partial charge on any atom is -0.238 e. The van der Waals surface area contributed by atoms with Crippen molar-refractivity contribution in [1.82, 2.24) is 5.32 Å². The van der Waals surface area contributed by atoms with Gasteiger partial charge in [-0.15, -0.1) is 0 Å². The van der Waals surface area contributed by atoms with E-state index in [0.29, 0.717) is 4.90 Å². The molecule has 0 saturated heterocycles. The number of benzene rings is 1. The summed E-state index contributed by atoms with van der Waals surface area (Å²) in [6, 6.07) is 8.40. The van der Waals surface area contributed by atoms with Crippen molar-refractivity contribution in [2.75, 3.05) is 12.3 Å². The monoisotopic (exact) mass is 240 g/mol. The van der Waals surface area contributed by atoms with Crippen LogP contribution >= 0.6 is 0 Å². The van der Waals surface area contributed by atoms with E-state index in [1.807, 2.05) is 19.9 Å². The lowest BCUT2D eigenvalue weighted by atomic mass is 10.3. The maximum atomic E-state index is 11.9. The van der Waals surface area contributed by atoms with Crippen LogP contribution in [0.15, 0.2) is 35.2 Å². The Balaban J connectivity index is 2.66. The summed E-state index contributed by atoms with van der Waals surface area (Å²) >= 11 is 0. The molecule has 0 heterocycles. The molecule has 0 spiro atoms. The minimum absolute atomic E-state index is 0.0943. The highest BCUT2D eigenvalue weighted by Gasteiger charge is 2.17. The second-order valence-electron chi connectivity index (χ2n) is 3.85. The van der Waals surface area contributed by atoms with Gasteiger partial charge in [0.1, 0.15) is 0 Å². The first-order valence-corrected chi connectivity index (χ1v) is 7.16. The Morgan fingerprint density at radius 1 is 1.25 bits per heavy atom. The molecule has 1 rings (SSSR count). The summed E-state index contributed by atoms with van der Waals surface area (Å²) < 4.78 is 23.9. The van der Waals surface area contributed by atoms with Crippen LogP contribution in [0, 0.1) is 0 Å². The summed E-state index contributed by atoms with van der Waals surface area (Å²) in [5, 5.41) is 4.27. The second kappa shape index (κ2) is 6.01. The molecule has 1 radical (unpaired) electrons. The Labute approximate surface area is 97.8 Å². The van der Waals surface area contributed by atoms with Crippen LogP contribution in [-0.2, 0) is 9.84 Å². The Kier molecular flexibility index (Phi) is 4.96. The van der Waals surface area contributed by atoms with Crippen LogP contribution in [0.5, 0.6) is 0 Å². The number of sulfone groups is 1. The third kappa shape index (κ3) is 3.94. The van der Waals surface area contributed by atoms with Crippen molar-refractivity contribution in [3.8, 4) is 0 Å². The zero-order valence-electron chi connectivity index (χ0n) is 9.76. The number of hydrogen-bond donors (Lipinski definition) is 0. The van der Waals surface area contributed by atoms with Crippen molar-refractivity contribution in [1.29, 1.82) is 0 Å². The normalized spacial score (nSPS) is 13.6. The third-order valence-corrected chi connectivity index (χ3v) is 4.14. The van der Waals surface area contributed by atoms with Gasteiger partial charge >= 0.3 is 0 Å². The van der Waals surface area contributed by atoms with Gasteiger partial charge in [0, 0.05) is 12.6 Å². The molecule has 0 amide bonds. The fourth-order valence-electron chi connectivity index (χ4n) is 1.44. The van der Waals surface area contributed by atoms with Crippen molar-refractivity contribution < 1.29 is 8.42 Å². The summed E-state index contributed by atoms with van der Waals surface area (Å²) in [7, 11) is -3.18. The molecule has 1 unspecified atom stereocenters. The summed E-state index contributed by atoms with van der Waals surface area (Å²) in [4.78, 5) is 0.383. The van der Waals surface area contributed by atoms with Crippen molar-refractivity contribution in [2.45, 2.75) is 31.2 Å². The third-order valence-electron chi connectivity index (χ3n) is 2.23. The standard InChI is InChI=1S/C12H18NO2S/c1-3-9-13-11(2)10-16(14,15)12-7-5-4-6-8-12/h4-8,11H,3,9-10H2,1-2H3. The van der Waals surface area contributed by atoms with Gasteiger partial charge in [-0.25, -0.2) is 13.7 Å². The summed E-state index contributed by atoms with van der Waals surface area (Å²) in [6.45, 7) is 4.60. The largest absolute Gasteiger partial charge is 0.238 e. The zero-order chi connectivity index (χ0) is 12.0. The van der Waals surface area contributed by atoms with Gasteiger partial charge in [0.05, 0.1) is 10.6 Å². The SMILES string of the molecule is CCC[N]C(C)CS(=O)(=O)c1ccccc1. The van der Waals surface area contributed by atoms with Gasteiger partial charge in [-0.1, -0.05) is 25.1 Å². The van der Waals surface area contributed by atoms with Gasteiger partial charge in [0.15, 0.2) is 9.84 Å². The van der Waals surface area contributed by atoms with Gasteiger partial charge in [0.25, 0.3) is 0 Å². The predicted molar refractivity (Wildman–Crippen MR) is 65.2 cm³/mol. The Hall–Kier alpha value is -0.870. The molecule has 0 saturated carbocycles. The first-order valence-electron chi connectivity index (χ1n) is 5.50. The minimum atomic E-state index is -3.18.